The van der Waals surface area contributed by atoms with Gasteiger partial charge in [-0.2, -0.15) is 5.26 Å². The van der Waals surface area contributed by atoms with Crippen molar-refractivity contribution < 1.29 is 18.0 Å². The number of hydrogen-bond donors (Lipinski definition) is 1. The second-order valence-corrected chi connectivity index (χ2v) is 6.63. The van der Waals surface area contributed by atoms with Gasteiger partial charge in [-0.25, -0.2) is 13.2 Å². The average molecular weight is 337 g/mol. The van der Waals surface area contributed by atoms with Gasteiger partial charge in [-0.3, -0.25) is 4.79 Å². The first-order chi connectivity index (χ1) is 11.4. The van der Waals surface area contributed by atoms with Crippen LogP contribution in [0.5, 0.6) is 0 Å². The van der Waals surface area contributed by atoms with Gasteiger partial charge in [0.25, 0.3) is 0 Å². The number of nitrogens with two attached hydrogens (primary N) is 1. The second kappa shape index (κ2) is 6.44. The van der Waals surface area contributed by atoms with Crippen molar-refractivity contribution >= 4 is 5.91 Å². The molecule has 2 aliphatic rings. The molecule has 24 heavy (non-hydrogen) atoms. The number of rotatable bonds is 4. The Labute approximate surface area is 138 Å². The summed E-state index contributed by atoms with van der Waals surface area (Å²) in [6, 6.07) is 2.37. The van der Waals surface area contributed by atoms with Crippen molar-refractivity contribution in [2.75, 3.05) is 0 Å². The zero-order chi connectivity index (χ0) is 17.4. The van der Waals surface area contributed by atoms with Gasteiger partial charge in [0.05, 0.1) is 6.07 Å². The van der Waals surface area contributed by atoms with E-state index in [-0.39, 0.29) is 36.3 Å². The van der Waals surface area contributed by atoms with Crippen LogP contribution in [0, 0.1) is 34.7 Å². The highest BCUT2D eigenvalue weighted by molar-refractivity contribution is 5.78. The lowest BCUT2D eigenvalue weighted by Gasteiger charge is -2.32. The summed E-state index contributed by atoms with van der Waals surface area (Å²) in [5.74, 6) is -3.29. The van der Waals surface area contributed by atoms with Crippen LogP contribution in [-0.2, 0) is 11.2 Å². The van der Waals surface area contributed by atoms with Crippen LogP contribution in [0.4, 0.5) is 13.2 Å². The summed E-state index contributed by atoms with van der Waals surface area (Å²) >= 11 is 0. The molecule has 2 fully saturated rings. The minimum Gasteiger partial charge on any atom is -0.327 e. The Bertz CT molecular complexity index is 703. The fourth-order valence-electron chi connectivity index (χ4n) is 3.92. The maximum Gasteiger partial charge on any atom is 0.225 e. The average Bonchev–Trinajstić information content (AvgIpc) is 3.12. The standard InChI is InChI=1S/C17H18F3N3O/c18-13-7-15(20)14(19)5-10(13)3-11(22)6-17(24)23-12-2-1-9(4-12)16(23)8-21/h5,7,9,11-12,16H,1-4,6,22H2/t9-,11+,12-,16?/m0/s1. The van der Waals surface area contributed by atoms with Crippen LogP contribution >= 0.6 is 0 Å². The smallest absolute Gasteiger partial charge is 0.225 e. The number of carbonyl (C=O) groups excluding carboxylic acids is 1. The van der Waals surface area contributed by atoms with E-state index in [9.17, 15) is 23.2 Å². The van der Waals surface area contributed by atoms with Crippen LogP contribution in [0.2, 0.25) is 0 Å². The van der Waals surface area contributed by atoms with E-state index in [4.69, 9.17) is 5.73 Å². The molecule has 0 aromatic heterocycles. The number of halogens is 3. The van der Waals surface area contributed by atoms with Gasteiger partial charge < -0.3 is 10.6 Å². The molecule has 0 radical (unpaired) electrons. The van der Waals surface area contributed by atoms with Crippen LogP contribution in [0.25, 0.3) is 0 Å². The summed E-state index contributed by atoms with van der Waals surface area (Å²) in [6.07, 6.45) is 2.56. The highest BCUT2D eigenvalue weighted by Crippen LogP contribution is 2.42. The molecular weight excluding hydrogens is 319 g/mol. The highest BCUT2D eigenvalue weighted by atomic mass is 19.2. The molecule has 1 aromatic rings. The molecule has 4 atom stereocenters. The SMILES string of the molecule is N#CC1[C@H]2CC[C@@H](C2)N1C(=O)C[C@H](N)Cc1cc(F)c(F)cc1F. The zero-order valence-electron chi connectivity index (χ0n) is 13.0. The fraction of sp³-hybridized carbons (Fsp3) is 0.529. The summed E-state index contributed by atoms with van der Waals surface area (Å²) in [4.78, 5) is 14.1. The predicted octanol–water partition coefficient (Wildman–Crippen LogP) is 2.27. The molecule has 1 aliphatic heterocycles. The molecule has 0 spiro atoms. The lowest BCUT2D eigenvalue weighted by molar-refractivity contribution is -0.134. The van der Waals surface area contributed by atoms with E-state index in [1.54, 1.807) is 4.90 Å². The van der Waals surface area contributed by atoms with Gasteiger partial charge in [-0.05, 0) is 43.2 Å². The number of carbonyl (C=O) groups is 1. The molecule has 1 saturated heterocycles. The Morgan fingerprint density at radius 3 is 2.71 bits per heavy atom. The van der Waals surface area contributed by atoms with Crippen LogP contribution in [0.1, 0.15) is 31.2 Å². The van der Waals surface area contributed by atoms with Gasteiger partial charge >= 0.3 is 0 Å². The largest absolute Gasteiger partial charge is 0.327 e. The summed E-state index contributed by atoms with van der Waals surface area (Å²) in [5.41, 5.74) is 5.84. The van der Waals surface area contributed by atoms with Gasteiger partial charge in [0, 0.05) is 24.6 Å². The summed E-state index contributed by atoms with van der Waals surface area (Å²) in [5, 5.41) is 9.27. The number of fused-ring (bicyclic) bond motifs is 2. The molecule has 2 bridgehead atoms. The van der Waals surface area contributed by atoms with E-state index in [2.05, 4.69) is 6.07 Å². The summed E-state index contributed by atoms with van der Waals surface area (Å²) in [7, 11) is 0. The van der Waals surface area contributed by atoms with Crippen LogP contribution in [-0.4, -0.2) is 28.9 Å². The number of hydrogen-bond acceptors (Lipinski definition) is 3. The third kappa shape index (κ3) is 2.98. The Kier molecular flexibility index (Phi) is 4.50. The fourth-order valence-corrected chi connectivity index (χ4v) is 3.92. The van der Waals surface area contributed by atoms with Crippen molar-refractivity contribution in [1.29, 1.82) is 5.26 Å². The van der Waals surface area contributed by atoms with E-state index in [0.717, 1.165) is 25.3 Å². The van der Waals surface area contributed by atoms with Crippen molar-refractivity contribution in [2.45, 2.75) is 50.2 Å². The molecule has 4 nitrogen and oxygen atoms in total. The molecule has 1 heterocycles. The van der Waals surface area contributed by atoms with Gasteiger partial charge in [-0.1, -0.05) is 0 Å². The van der Waals surface area contributed by atoms with Crippen molar-refractivity contribution in [1.82, 2.24) is 4.90 Å². The minimum absolute atomic E-state index is 0.0557. The lowest BCUT2D eigenvalue weighted by atomic mass is 9.98. The maximum absolute atomic E-state index is 13.7. The summed E-state index contributed by atoms with van der Waals surface area (Å²) in [6.45, 7) is 0. The zero-order valence-corrected chi connectivity index (χ0v) is 13.0. The van der Waals surface area contributed by atoms with Crippen LogP contribution in [0.15, 0.2) is 12.1 Å². The molecule has 1 unspecified atom stereocenters. The molecule has 1 aromatic carbocycles. The van der Waals surface area contributed by atoms with Crippen LogP contribution in [0.3, 0.4) is 0 Å². The van der Waals surface area contributed by atoms with Crippen molar-refractivity contribution in [3.63, 3.8) is 0 Å². The van der Waals surface area contributed by atoms with Gasteiger partial charge in [-0.15, -0.1) is 0 Å². The number of nitrogens with zero attached hydrogens (tertiary/aromatic N) is 2. The van der Waals surface area contributed by atoms with E-state index in [1.165, 1.54) is 0 Å². The summed E-state index contributed by atoms with van der Waals surface area (Å²) < 4.78 is 39.8. The second-order valence-electron chi connectivity index (χ2n) is 6.63. The molecule has 128 valence electrons. The van der Waals surface area contributed by atoms with Crippen molar-refractivity contribution in [3.05, 3.63) is 35.1 Å². The number of nitriles is 1. The maximum atomic E-state index is 13.7. The Morgan fingerprint density at radius 2 is 2.00 bits per heavy atom. The molecule has 1 aliphatic carbocycles. The quantitative estimate of drug-likeness (QED) is 0.857. The molecule has 2 N–H and O–H groups in total. The van der Waals surface area contributed by atoms with Gasteiger partial charge in [0.1, 0.15) is 11.9 Å². The Hall–Kier alpha value is -2.07. The number of benzene rings is 1. The highest BCUT2D eigenvalue weighted by Gasteiger charge is 2.48. The third-order valence-corrected chi connectivity index (χ3v) is 5.01. The number of piperidine rings is 1. The molecule has 3 rings (SSSR count). The van der Waals surface area contributed by atoms with E-state index in [1.807, 2.05) is 0 Å². The van der Waals surface area contributed by atoms with E-state index in [0.29, 0.717) is 6.07 Å². The monoisotopic (exact) mass is 337 g/mol. The predicted molar refractivity (Wildman–Crippen MR) is 80.0 cm³/mol. The Morgan fingerprint density at radius 1 is 1.29 bits per heavy atom. The van der Waals surface area contributed by atoms with Crippen molar-refractivity contribution in [3.8, 4) is 6.07 Å². The third-order valence-electron chi connectivity index (χ3n) is 5.01. The first-order valence-corrected chi connectivity index (χ1v) is 8.00. The van der Waals surface area contributed by atoms with Gasteiger partial charge in [0.2, 0.25) is 5.91 Å². The topological polar surface area (TPSA) is 70.1 Å². The lowest BCUT2D eigenvalue weighted by Crippen LogP contribution is -2.46. The van der Waals surface area contributed by atoms with Crippen molar-refractivity contribution in [2.24, 2.45) is 11.7 Å². The number of likely N-dealkylation sites (tertiary alicyclic amines) is 1. The normalized spacial score (nSPS) is 26.5. The van der Waals surface area contributed by atoms with E-state index < -0.39 is 29.5 Å². The van der Waals surface area contributed by atoms with Crippen LogP contribution < -0.4 is 5.73 Å². The first kappa shape index (κ1) is 16.8. The van der Waals surface area contributed by atoms with E-state index >= 15 is 0 Å². The minimum atomic E-state index is -1.26. The Balaban J connectivity index is 1.65. The molecular formula is C17H18F3N3O. The molecule has 1 amide bonds. The first-order valence-electron chi connectivity index (χ1n) is 8.00. The number of amides is 1. The molecule has 7 heteroatoms. The van der Waals surface area contributed by atoms with Gasteiger partial charge in [0.15, 0.2) is 11.6 Å². The molecule has 1 saturated carbocycles.